The van der Waals surface area contributed by atoms with Gasteiger partial charge in [-0.2, -0.15) is 5.10 Å². The molecule has 0 saturated carbocycles. The van der Waals surface area contributed by atoms with E-state index in [-0.39, 0.29) is 0 Å². The number of hydrogen-bond acceptors (Lipinski definition) is 3. The Morgan fingerprint density at radius 1 is 1.28 bits per heavy atom. The zero-order chi connectivity index (χ0) is 12.5. The molecule has 2 heterocycles. The van der Waals surface area contributed by atoms with Crippen molar-refractivity contribution in [2.24, 2.45) is 0 Å². The summed E-state index contributed by atoms with van der Waals surface area (Å²) in [5, 5.41) is 17.0. The molecule has 1 aromatic heterocycles. The number of carboxylic acid groups (broad SMARTS) is 1. The van der Waals surface area contributed by atoms with Gasteiger partial charge in [0.2, 0.25) is 0 Å². The van der Waals surface area contributed by atoms with Gasteiger partial charge in [0.1, 0.15) is 0 Å². The second kappa shape index (κ2) is 4.21. The topological polar surface area (TPSA) is 72.5 Å². The first-order chi connectivity index (χ1) is 8.75. The summed E-state index contributed by atoms with van der Waals surface area (Å²) in [5.74, 6) is 0. The highest BCUT2D eigenvalue weighted by Crippen LogP contribution is 2.26. The number of amides is 1. The second-order valence-corrected chi connectivity index (χ2v) is 4.37. The Bertz CT molecular complexity index is 572. The molecule has 0 unspecified atom stereocenters. The SMILES string of the molecule is O=C(O)N1CCN(c2cccc3[nH]ncc23)CC1. The van der Waals surface area contributed by atoms with Crippen molar-refractivity contribution in [1.82, 2.24) is 15.1 Å². The average Bonchev–Trinajstić information content (AvgIpc) is 2.87. The lowest BCUT2D eigenvalue weighted by atomic mass is 10.2. The van der Waals surface area contributed by atoms with Crippen LogP contribution in [0.25, 0.3) is 10.9 Å². The van der Waals surface area contributed by atoms with Gasteiger partial charge >= 0.3 is 6.09 Å². The summed E-state index contributed by atoms with van der Waals surface area (Å²) < 4.78 is 0. The fourth-order valence-electron chi connectivity index (χ4n) is 2.37. The Balaban J connectivity index is 1.84. The van der Waals surface area contributed by atoms with Crippen LogP contribution in [0.3, 0.4) is 0 Å². The van der Waals surface area contributed by atoms with E-state index in [1.807, 2.05) is 24.4 Å². The van der Waals surface area contributed by atoms with Crippen LogP contribution in [0.5, 0.6) is 0 Å². The molecule has 0 bridgehead atoms. The monoisotopic (exact) mass is 246 g/mol. The molecule has 0 atom stereocenters. The smallest absolute Gasteiger partial charge is 0.407 e. The lowest BCUT2D eigenvalue weighted by Crippen LogP contribution is -2.48. The van der Waals surface area contributed by atoms with Crippen molar-refractivity contribution in [3.05, 3.63) is 24.4 Å². The molecule has 1 aliphatic heterocycles. The van der Waals surface area contributed by atoms with Gasteiger partial charge in [0.05, 0.1) is 11.7 Å². The highest BCUT2D eigenvalue weighted by molar-refractivity contribution is 5.91. The Kier molecular flexibility index (Phi) is 2.55. The maximum absolute atomic E-state index is 10.9. The van der Waals surface area contributed by atoms with Crippen molar-refractivity contribution < 1.29 is 9.90 Å². The number of aromatic nitrogens is 2. The molecular formula is C12H14N4O2. The molecule has 6 nitrogen and oxygen atoms in total. The number of anilines is 1. The molecule has 3 rings (SSSR count). The lowest BCUT2D eigenvalue weighted by molar-refractivity contribution is 0.142. The fourth-order valence-corrected chi connectivity index (χ4v) is 2.37. The molecule has 94 valence electrons. The summed E-state index contributed by atoms with van der Waals surface area (Å²) in [6.07, 6.45) is 0.977. The van der Waals surface area contributed by atoms with E-state index >= 15 is 0 Å². The third-order valence-electron chi connectivity index (χ3n) is 3.35. The number of benzene rings is 1. The Morgan fingerprint density at radius 3 is 2.78 bits per heavy atom. The molecule has 1 aliphatic rings. The van der Waals surface area contributed by atoms with Crippen LogP contribution in [0.2, 0.25) is 0 Å². The predicted octanol–water partition coefficient (Wildman–Crippen LogP) is 1.36. The van der Waals surface area contributed by atoms with Crippen LogP contribution in [-0.2, 0) is 0 Å². The van der Waals surface area contributed by atoms with Crippen molar-refractivity contribution in [1.29, 1.82) is 0 Å². The number of aromatic amines is 1. The zero-order valence-electron chi connectivity index (χ0n) is 9.83. The Labute approximate surface area is 104 Å². The number of hydrogen-bond donors (Lipinski definition) is 2. The van der Waals surface area contributed by atoms with Crippen LogP contribution in [0.4, 0.5) is 10.5 Å². The van der Waals surface area contributed by atoms with E-state index in [9.17, 15) is 4.79 Å². The number of fused-ring (bicyclic) bond motifs is 1. The van der Waals surface area contributed by atoms with E-state index < -0.39 is 6.09 Å². The van der Waals surface area contributed by atoms with Gasteiger partial charge in [0.25, 0.3) is 0 Å². The highest BCUT2D eigenvalue weighted by Gasteiger charge is 2.21. The molecule has 0 spiro atoms. The first-order valence-electron chi connectivity index (χ1n) is 5.90. The van der Waals surface area contributed by atoms with Gasteiger partial charge in [0.15, 0.2) is 0 Å². The van der Waals surface area contributed by atoms with Crippen molar-refractivity contribution >= 4 is 22.7 Å². The average molecular weight is 246 g/mol. The number of carbonyl (C=O) groups is 1. The summed E-state index contributed by atoms with van der Waals surface area (Å²) in [4.78, 5) is 14.5. The van der Waals surface area contributed by atoms with Crippen LogP contribution in [0.15, 0.2) is 24.4 Å². The third kappa shape index (κ3) is 1.75. The number of rotatable bonds is 1. The summed E-state index contributed by atoms with van der Waals surface area (Å²) in [7, 11) is 0. The van der Waals surface area contributed by atoms with Crippen molar-refractivity contribution in [2.75, 3.05) is 31.1 Å². The zero-order valence-corrected chi connectivity index (χ0v) is 9.83. The summed E-state index contributed by atoms with van der Waals surface area (Å²) in [6.45, 7) is 2.53. The van der Waals surface area contributed by atoms with Crippen molar-refractivity contribution in [3.8, 4) is 0 Å². The number of H-pyrrole nitrogens is 1. The first-order valence-corrected chi connectivity index (χ1v) is 5.90. The minimum Gasteiger partial charge on any atom is -0.465 e. The summed E-state index contributed by atoms with van der Waals surface area (Å²) in [5.41, 5.74) is 2.12. The first kappa shape index (κ1) is 10.9. The Hall–Kier alpha value is -2.24. The molecule has 1 saturated heterocycles. The molecule has 18 heavy (non-hydrogen) atoms. The van der Waals surface area contributed by atoms with Gasteiger partial charge in [-0.15, -0.1) is 0 Å². The molecule has 2 aromatic rings. The van der Waals surface area contributed by atoms with Crippen LogP contribution in [0, 0.1) is 0 Å². The largest absolute Gasteiger partial charge is 0.465 e. The highest BCUT2D eigenvalue weighted by atomic mass is 16.4. The van der Waals surface area contributed by atoms with Gasteiger partial charge in [-0.25, -0.2) is 4.79 Å². The van der Waals surface area contributed by atoms with Gasteiger partial charge < -0.3 is 14.9 Å². The van der Waals surface area contributed by atoms with E-state index in [1.165, 1.54) is 4.90 Å². The standard InChI is InChI=1S/C12H14N4O2/c17-12(18)16-6-4-15(5-7-16)11-3-1-2-10-9(11)8-13-14-10/h1-3,8H,4-7H2,(H,13,14)(H,17,18). The van der Waals surface area contributed by atoms with Crippen molar-refractivity contribution in [2.45, 2.75) is 0 Å². The molecule has 1 amide bonds. The molecular weight excluding hydrogens is 232 g/mol. The number of nitrogens with one attached hydrogen (secondary N) is 1. The molecule has 6 heteroatoms. The minimum absolute atomic E-state index is 0.545. The molecule has 2 N–H and O–H groups in total. The Morgan fingerprint density at radius 2 is 2.06 bits per heavy atom. The van der Waals surface area contributed by atoms with Crippen LogP contribution in [0.1, 0.15) is 0 Å². The van der Waals surface area contributed by atoms with Crippen LogP contribution >= 0.6 is 0 Å². The summed E-state index contributed by atoms with van der Waals surface area (Å²) >= 11 is 0. The number of nitrogens with zero attached hydrogens (tertiary/aromatic N) is 3. The van der Waals surface area contributed by atoms with E-state index in [4.69, 9.17) is 5.11 Å². The number of piperazine rings is 1. The molecule has 0 radical (unpaired) electrons. The van der Waals surface area contributed by atoms with E-state index in [0.29, 0.717) is 13.1 Å². The normalized spacial score (nSPS) is 16.2. The maximum atomic E-state index is 10.9. The molecule has 1 fully saturated rings. The van der Waals surface area contributed by atoms with Crippen LogP contribution < -0.4 is 4.90 Å². The summed E-state index contributed by atoms with van der Waals surface area (Å²) in [6, 6.07) is 6.02. The molecule has 1 aromatic carbocycles. The van der Waals surface area contributed by atoms with Gasteiger partial charge in [-0.05, 0) is 12.1 Å². The lowest BCUT2D eigenvalue weighted by Gasteiger charge is -2.34. The quantitative estimate of drug-likeness (QED) is 0.797. The van der Waals surface area contributed by atoms with Gasteiger partial charge in [0, 0.05) is 37.3 Å². The van der Waals surface area contributed by atoms with Gasteiger partial charge in [-0.1, -0.05) is 6.07 Å². The van der Waals surface area contributed by atoms with E-state index in [0.717, 1.165) is 29.7 Å². The fraction of sp³-hybridized carbons (Fsp3) is 0.333. The minimum atomic E-state index is -0.837. The van der Waals surface area contributed by atoms with Crippen molar-refractivity contribution in [3.63, 3.8) is 0 Å². The third-order valence-corrected chi connectivity index (χ3v) is 3.35. The van der Waals surface area contributed by atoms with Crippen LogP contribution in [-0.4, -0.2) is 52.5 Å². The predicted molar refractivity (Wildman–Crippen MR) is 67.9 cm³/mol. The van der Waals surface area contributed by atoms with E-state index in [1.54, 1.807) is 0 Å². The van der Waals surface area contributed by atoms with Gasteiger partial charge in [-0.3, -0.25) is 5.10 Å². The molecule has 0 aliphatic carbocycles. The van der Waals surface area contributed by atoms with E-state index in [2.05, 4.69) is 15.1 Å². The second-order valence-electron chi connectivity index (χ2n) is 4.37. The maximum Gasteiger partial charge on any atom is 0.407 e.